The van der Waals surface area contributed by atoms with Crippen molar-refractivity contribution in [2.45, 2.75) is 32.0 Å². The van der Waals surface area contributed by atoms with Crippen LogP contribution in [0.15, 0.2) is 59.0 Å². The highest BCUT2D eigenvalue weighted by atomic mass is 19.4. The first-order valence-electron chi connectivity index (χ1n) is 8.19. The third kappa shape index (κ3) is 4.84. The van der Waals surface area contributed by atoms with Crippen LogP contribution in [-0.4, -0.2) is 21.9 Å². The van der Waals surface area contributed by atoms with Crippen LogP contribution in [-0.2, 0) is 12.7 Å². The molecule has 0 saturated heterocycles. The second kappa shape index (κ2) is 8.03. The van der Waals surface area contributed by atoms with Gasteiger partial charge in [0.2, 0.25) is 0 Å². The molecule has 2 aromatic heterocycles. The fourth-order valence-electron chi connectivity index (χ4n) is 2.55. The second-order valence-corrected chi connectivity index (χ2v) is 5.85. The molecule has 0 radical (unpaired) electrons. The molecule has 0 atom stereocenters. The van der Waals surface area contributed by atoms with Crippen molar-refractivity contribution in [1.82, 2.24) is 9.97 Å². The summed E-state index contributed by atoms with van der Waals surface area (Å²) in [5.74, 6) is 0. The molecule has 0 aliphatic carbocycles. The Hall–Kier alpha value is -2.83. The molecular formula is C19H17F3N4. The van der Waals surface area contributed by atoms with Gasteiger partial charge < -0.3 is 0 Å². The lowest BCUT2D eigenvalue weighted by Crippen LogP contribution is -2.06. The first-order chi connectivity index (χ1) is 12.5. The molecule has 1 aliphatic rings. The molecule has 7 heteroatoms. The van der Waals surface area contributed by atoms with Crippen molar-refractivity contribution in [3.8, 4) is 0 Å². The van der Waals surface area contributed by atoms with Crippen LogP contribution in [0.2, 0.25) is 0 Å². The maximum Gasteiger partial charge on any atom is 0.417 e. The summed E-state index contributed by atoms with van der Waals surface area (Å²) in [7, 11) is 0. The summed E-state index contributed by atoms with van der Waals surface area (Å²) in [6.07, 6.45) is 6.78. The molecule has 3 rings (SSSR count). The van der Waals surface area contributed by atoms with Gasteiger partial charge >= 0.3 is 6.18 Å². The lowest BCUT2D eigenvalue weighted by molar-refractivity contribution is -0.137. The van der Waals surface area contributed by atoms with Gasteiger partial charge in [0.25, 0.3) is 0 Å². The molecule has 3 heterocycles. The maximum absolute atomic E-state index is 12.8. The summed E-state index contributed by atoms with van der Waals surface area (Å²) in [4.78, 5) is 16.7. The number of alkyl halides is 3. The number of hydrogen-bond donors (Lipinski definition) is 0. The van der Waals surface area contributed by atoms with Crippen molar-refractivity contribution in [3.63, 3.8) is 0 Å². The number of allylic oxidation sites excluding steroid dienone is 1. The molecule has 0 amide bonds. The largest absolute Gasteiger partial charge is 0.417 e. The summed E-state index contributed by atoms with van der Waals surface area (Å²) in [6, 6.07) is 4.91. The molecule has 0 N–H and O–H groups in total. The zero-order valence-electron chi connectivity index (χ0n) is 13.9. The fourth-order valence-corrected chi connectivity index (χ4v) is 2.55. The third-order valence-corrected chi connectivity index (χ3v) is 3.90. The van der Waals surface area contributed by atoms with Crippen LogP contribution in [0.25, 0.3) is 5.70 Å². The van der Waals surface area contributed by atoms with Gasteiger partial charge in [0, 0.05) is 48.7 Å². The molecule has 0 aromatic carbocycles. The van der Waals surface area contributed by atoms with E-state index in [-0.39, 0.29) is 0 Å². The zero-order valence-corrected chi connectivity index (χ0v) is 13.9. The highest BCUT2D eigenvalue weighted by Crippen LogP contribution is 2.30. The molecule has 0 saturated carbocycles. The van der Waals surface area contributed by atoms with E-state index < -0.39 is 11.7 Å². The summed E-state index contributed by atoms with van der Waals surface area (Å²) >= 11 is 0. The zero-order chi connectivity index (χ0) is 18.4. The van der Waals surface area contributed by atoms with E-state index in [1.54, 1.807) is 18.6 Å². The predicted molar refractivity (Wildman–Crippen MR) is 94.9 cm³/mol. The van der Waals surface area contributed by atoms with E-state index in [2.05, 4.69) is 20.0 Å². The molecule has 1 aliphatic heterocycles. The van der Waals surface area contributed by atoms with E-state index in [0.29, 0.717) is 30.6 Å². The van der Waals surface area contributed by atoms with E-state index in [4.69, 9.17) is 0 Å². The van der Waals surface area contributed by atoms with Crippen LogP contribution in [0.5, 0.6) is 0 Å². The Morgan fingerprint density at radius 2 is 2.00 bits per heavy atom. The Bertz CT molecular complexity index is 839. The Kier molecular flexibility index (Phi) is 5.55. The van der Waals surface area contributed by atoms with Crippen LogP contribution in [0, 0.1) is 0 Å². The minimum Gasteiger partial charge on any atom is -0.289 e. The molecule has 0 fully saturated rings. The van der Waals surface area contributed by atoms with Crippen LogP contribution in [0.1, 0.15) is 36.0 Å². The van der Waals surface area contributed by atoms with Crippen LogP contribution in [0.3, 0.4) is 0 Å². The number of pyridine rings is 2. The van der Waals surface area contributed by atoms with Gasteiger partial charge in [-0.05, 0) is 30.5 Å². The van der Waals surface area contributed by atoms with Gasteiger partial charge in [0.05, 0.1) is 17.8 Å². The number of hydrogen-bond acceptors (Lipinski definition) is 4. The summed E-state index contributed by atoms with van der Waals surface area (Å²) in [5.41, 5.74) is 2.15. The summed E-state index contributed by atoms with van der Waals surface area (Å²) < 4.78 is 38.5. The van der Waals surface area contributed by atoms with Gasteiger partial charge in [-0.1, -0.05) is 12.1 Å². The molecule has 0 bridgehead atoms. The van der Waals surface area contributed by atoms with E-state index in [1.807, 2.05) is 18.2 Å². The molecule has 134 valence electrons. The molecule has 0 spiro atoms. The van der Waals surface area contributed by atoms with E-state index in [1.165, 1.54) is 6.20 Å². The lowest BCUT2D eigenvalue weighted by Gasteiger charge is -2.10. The molecule has 2 aromatic rings. The van der Waals surface area contributed by atoms with Gasteiger partial charge in [-0.2, -0.15) is 13.2 Å². The fraction of sp³-hybridized carbons (Fsp3) is 0.263. The standard InChI is InChI=1S/C19H17F3N4/c20-19(21,22)16-9-15(12-24-13-16)18-5-1-4-17(6-8-25-18)26-11-14-3-2-7-23-10-14/h2-3,5,7-10,12-13H,1,4,6,11H2. The highest BCUT2D eigenvalue weighted by Gasteiger charge is 2.31. The topological polar surface area (TPSA) is 50.5 Å². The van der Waals surface area contributed by atoms with Crippen LogP contribution >= 0.6 is 0 Å². The van der Waals surface area contributed by atoms with Gasteiger partial charge in [-0.3, -0.25) is 20.0 Å². The van der Waals surface area contributed by atoms with E-state index in [9.17, 15) is 13.2 Å². The quantitative estimate of drug-likeness (QED) is 0.796. The number of aromatic nitrogens is 2. The SMILES string of the molecule is FC(F)(F)c1cncc(C2=CCCC(=NCc3cccnc3)CC=N2)c1. The normalized spacial score (nSPS) is 16.9. The monoisotopic (exact) mass is 358 g/mol. The Labute approximate surface area is 149 Å². The van der Waals surface area contributed by atoms with Gasteiger partial charge in [-0.25, -0.2) is 0 Å². The first kappa shape index (κ1) is 18.0. The van der Waals surface area contributed by atoms with Gasteiger partial charge in [0.15, 0.2) is 0 Å². The third-order valence-electron chi connectivity index (χ3n) is 3.90. The van der Waals surface area contributed by atoms with Crippen LogP contribution in [0.4, 0.5) is 13.2 Å². The predicted octanol–water partition coefficient (Wildman–Crippen LogP) is 4.73. The second-order valence-electron chi connectivity index (χ2n) is 5.85. The molecule has 4 nitrogen and oxygen atoms in total. The number of aliphatic imine (C=N–C) groups is 2. The molecule has 0 unspecified atom stereocenters. The van der Waals surface area contributed by atoms with Crippen molar-refractivity contribution in [2.24, 2.45) is 9.98 Å². The van der Waals surface area contributed by atoms with E-state index >= 15 is 0 Å². The summed E-state index contributed by atoms with van der Waals surface area (Å²) in [5, 5.41) is 0. The summed E-state index contributed by atoms with van der Waals surface area (Å²) in [6.45, 7) is 0.561. The number of nitrogens with zero attached hydrogens (tertiary/aromatic N) is 4. The van der Waals surface area contributed by atoms with Crippen molar-refractivity contribution in [1.29, 1.82) is 0 Å². The van der Waals surface area contributed by atoms with Crippen LogP contribution < -0.4 is 0 Å². The minimum atomic E-state index is -4.42. The van der Waals surface area contributed by atoms with Gasteiger partial charge in [0.1, 0.15) is 0 Å². The smallest absolute Gasteiger partial charge is 0.289 e. The van der Waals surface area contributed by atoms with Crippen molar-refractivity contribution < 1.29 is 13.2 Å². The highest BCUT2D eigenvalue weighted by molar-refractivity contribution is 5.97. The molecule has 26 heavy (non-hydrogen) atoms. The van der Waals surface area contributed by atoms with Crippen molar-refractivity contribution >= 4 is 17.6 Å². The van der Waals surface area contributed by atoms with Crippen molar-refractivity contribution in [3.05, 3.63) is 65.8 Å². The average Bonchev–Trinajstić information content (AvgIpc) is 2.61. The molecular weight excluding hydrogens is 341 g/mol. The first-order valence-corrected chi connectivity index (χ1v) is 8.19. The Balaban J connectivity index is 1.70. The minimum absolute atomic E-state index is 0.367. The number of rotatable bonds is 3. The Morgan fingerprint density at radius 3 is 2.77 bits per heavy atom. The average molecular weight is 358 g/mol. The maximum atomic E-state index is 12.8. The van der Waals surface area contributed by atoms with Crippen molar-refractivity contribution in [2.75, 3.05) is 0 Å². The lowest BCUT2D eigenvalue weighted by atomic mass is 10.1. The van der Waals surface area contributed by atoms with E-state index in [0.717, 1.165) is 30.0 Å². The Morgan fingerprint density at radius 1 is 1.12 bits per heavy atom. The van der Waals surface area contributed by atoms with Gasteiger partial charge in [-0.15, -0.1) is 0 Å². The number of halogens is 3.